The van der Waals surface area contributed by atoms with E-state index in [4.69, 9.17) is 11.6 Å². The molecule has 1 aliphatic rings. The molecule has 1 aromatic carbocycles. The highest BCUT2D eigenvalue weighted by molar-refractivity contribution is 7.09. The van der Waals surface area contributed by atoms with Gasteiger partial charge in [0.15, 0.2) is 0 Å². The van der Waals surface area contributed by atoms with Gasteiger partial charge in [-0.05, 0) is 30.7 Å². The molecule has 1 N–H and O–H groups in total. The zero-order chi connectivity index (χ0) is 15.7. The van der Waals surface area contributed by atoms with E-state index in [1.807, 2.05) is 37.7 Å². The minimum absolute atomic E-state index is 0.120. The number of aryl methyl sites for hydroxylation is 1. The monoisotopic (exact) mass is 335 g/mol. The molecule has 1 atom stereocenters. The number of fused-ring (bicyclic) bond motifs is 1. The number of likely N-dealkylation sites (N-methyl/N-ethyl adjacent to an activating group) is 1. The summed E-state index contributed by atoms with van der Waals surface area (Å²) in [5.41, 5.74) is 5.03. The minimum atomic E-state index is -0.193. The molecule has 2 aromatic rings. The predicted octanol–water partition coefficient (Wildman–Crippen LogP) is 3.14. The maximum absolute atomic E-state index is 12.6. The van der Waals surface area contributed by atoms with Gasteiger partial charge in [0.2, 0.25) is 5.91 Å². The molecule has 0 aliphatic carbocycles. The topological polar surface area (TPSA) is 45.2 Å². The number of anilines is 1. The van der Waals surface area contributed by atoms with Crippen molar-refractivity contribution in [1.29, 1.82) is 0 Å². The van der Waals surface area contributed by atoms with Crippen molar-refractivity contribution in [2.45, 2.75) is 25.8 Å². The summed E-state index contributed by atoms with van der Waals surface area (Å²) in [6.07, 6.45) is 1.54. The number of halogens is 1. The molecular formula is C16H18ClN3OS. The van der Waals surface area contributed by atoms with Gasteiger partial charge in [0.1, 0.15) is 6.04 Å². The lowest BCUT2D eigenvalue weighted by atomic mass is 10.1. The Hall–Kier alpha value is -1.59. The summed E-state index contributed by atoms with van der Waals surface area (Å²) in [5.74, 6) is 0.120. The molecule has 0 fully saturated rings. The Bertz CT molecular complexity index is 700. The van der Waals surface area contributed by atoms with E-state index in [1.165, 1.54) is 4.88 Å². The molecule has 0 bridgehead atoms. The summed E-state index contributed by atoms with van der Waals surface area (Å²) >= 11 is 7.65. The predicted molar refractivity (Wildman–Crippen MR) is 90.8 cm³/mol. The molecule has 0 spiro atoms. The van der Waals surface area contributed by atoms with Crippen molar-refractivity contribution >= 4 is 34.5 Å². The van der Waals surface area contributed by atoms with Crippen LogP contribution < -0.4 is 5.32 Å². The van der Waals surface area contributed by atoms with Gasteiger partial charge in [0, 0.05) is 42.0 Å². The maximum Gasteiger partial charge on any atom is 0.245 e. The van der Waals surface area contributed by atoms with Crippen LogP contribution in [-0.4, -0.2) is 35.4 Å². The largest absolute Gasteiger partial charge is 0.373 e. The molecule has 4 nitrogen and oxygen atoms in total. The number of hydrogen-bond acceptors (Lipinski definition) is 4. The normalized spacial score (nSPS) is 16.2. The van der Waals surface area contributed by atoms with E-state index in [0.717, 1.165) is 23.4 Å². The molecule has 0 saturated carbocycles. The van der Waals surface area contributed by atoms with Crippen LogP contribution >= 0.6 is 22.9 Å². The van der Waals surface area contributed by atoms with Crippen LogP contribution in [0.3, 0.4) is 0 Å². The lowest BCUT2D eigenvalue weighted by Crippen LogP contribution is -2.40. The van der Waals surface area contributed by atoms with Crippen LogP contribution in [0.5, 0.6) is 0 Å². The van der Waals surface area contributed by atoms with E-state index in [2.05, 4.69) is 10.3 Å². The van der Waals surface area contributed by atoms with Gasteiger partial charge in [-0.1, -0.05) is 11.6 Å². The zero-order valence-corrected chi connectivity index (χ0v) is 14.2. The van der Waals surface area contributed by atoms with Crippen LogP contribution in [0.2, 0.25) is 5.02 Å². The number of nitrogens with zero attached hydrogens (tertiary/aromatic N) is 2. The molecular weight excluding hydrogens is 318 g/mol. The number of aromatic nitrogens is 1. The SMILES string of the molecule is Cc1ncsc1CCN(C)C(=O)[C@H]1Cc2cc(Cl)ccc2N1. The van der Waals surface area contributed by atoms with E-state index in [1.54, 1.807) is 16.2 Å². The van der Waals surface area contributed by atoms with Crippen LogP contribution in [0, 0.1) is 6.92 Å². The smallest absolute Gasteiger partial charge is 0.245 e. The fourth-order valence-electron chi connectivity index (χ4n) is 2.69. The third-order valence-electron chi connectivity index (χ3n) is 4.01. The Morgan fingerprint density at radius 1 is 1.55 bits per heavy atom. The molecule has 1 aliphatic heterocycles. The second-order valence-electron chi connectivity index (χ2n) is 5.57. The highest BCUT2D eigenvalue weighted by Crippen LogP contribution is 2.29. The summed E-state index contributed by atoms with van der Waals surface area (Å²) in [6.45, 7) is 2.71. The maximum atomic E-state index is 12.6. The Labute approximate surface area is 139 Å². The van der Waals surface area contributed by atoms with E-state index < -0.39 is 0 Å². The van der Waals surface area contributed by atoms with Crippen molar-refractivity contribution in [3.63, 3.8) is 0 Å². The van der Waals surface area contributed by atoms with Crippen LogP contribution in [0.15, 0.2) is 23.7 Å². The fourth-order valence-corrected chi connectivity index (χ4v) is 3.66. The van der Waals surface area contributed by atoms with Gasteiger partial charge >= 0.3 is 0 Å². The van der Waals surface area contributed by atoms with Crippen molar-refractivity contribution < 1.29 is 4.79 Å². The molecule has 1 amide bonds. The van der Waals surface area contributed by atoms with Gasteiger partial charge in [-0.3, -0.25) is 4.79 Å². The van der Waals surface area contributed by atoms with Gasteiger partial charge in [-0.25, -0.2) is 4.98 Å². The Morgan fingerprint density at radius 3 is 3.09 bits per heavy atom. The molecule has 22 heavy (non-hydrogen) atoms. The van der Waals surface area contributed by atoms with Crippen LogP contribution in [0.4, 0.5) is 5.69 Å². The number of carbonyl (C=O) groups is 1. The first-order valence-electron chi connectivity index (χ1n) is 7.23. The first-order valence-corrected chi connectivity index (χ1v) is 8.49. The zero-order valence-electron chi connectivity index (χ0n) is 12.6. The third kappa shape index (κ3) is 3.10. The van der Waals surface area contributed by atoms with Crippen molar-refractivity contribution in [2.24, 2.45) is 0 Å². The molecule has 1 aromatic heterocycles. The van der Waals surface area contributed by atoms with Crippen molar-refractivity contribution in [1.82, 2.24) is 9.88 Å². The highest BCUT2D eigenvalue weighted by atomic mass is 35.5. The lowest BCUT2D eigenvalue weighted by Gasteiger charge is -2.21. The van der Waals surface area contributed by atoms with E-state index in [-0.39, 0.29) is 11.9 Å². The second kappa shape index (κ2) is 6.26. The molecule has 0 saturated heterocycles. The van der Waals surface area contributed by atoms with E-state index in [0.29, 0.717) is 18.0 Å². The van der Waals surface area contributed by atoms with Gasteiger partial charge < -0.3 is 10.2 Å². The summed E-state index contributed by atoms with van der Waals surface area (Å²) in [7, 11) is 1.86. The van der Waals surface area contributed by atoms with Crippen molar-refractivity contribution in [3.05, 3.63) is 44.9 Å². The number of thiazole rings is 1. The molecule has 116 valence electrons. The van der Waals surface area contributed by atoms with Crippen molar-refractivity contribution in [3.8, 4) is 0 Å². The molecule has 6 heteroatoms. The minimum Gasteiger partial charge on any atom is -0.373 e. The average Bonchev–Trinajstić information content (AvgIpc) is 3.09. The second-order valence-corrected chi connectivity index (χ2v) is 6.95. The third-order valence-corrected chi connectivity index (χ3v) is 5.24. The summed E-state index contributed by atoms with van der Waals surface area (Å²) in [5, 5.41) is 4.00. The summed E-state index contributed by atoms with van der Waals surface area (Å²) in [6, 6.07) is 5.51. The standard InChI is InChI=1S/C16H18ClN3OS/c1-10-15(22-9-18-10)5-6-20(2)16(21)14-8-11-7-12(17)3-4-13(11)19-14/h3-4,7,9,14,19H,5-6,8H2,1-2H3/t14-/m1/s1. The average molecular weight is 336 g/mol. The van der Waals surface area contributed by atoms with E-state index in [9.17, 15) is 4.79 Å². The summed E-state index contributed by atoms with van der Waals surface area (Å²) in [4.78, 5) is 19.8. The molecule has 0 unspecified atom stereocenters. The number of amides is 1. The van der Waals surface area contributed by atoms with Gasteiger partial charge in [-0.15, -0.1) is 11.3 Å². The van der Waals surface area contributed by atoms with E-state index >= 15 is 0 Å². The first kappa shape index (κ1) is 15.3. The number of rotatable bonds is 4. The van der Waals surface area contributed by atoms with Gasteiger partial charge in [0.25, 0.3) is 0 Å². The quantitative estimate of drug-likeness (QED) is 0.933. The first-order chi connectivity index (χ1) is 10.5. The Balaban J connectivity index is 1.59. The number of hydrogen-bond donors (Lipinski definition) is 1. The van der Waals surface area contributed by atoms with Crippen LogP contribution in [-0.2, 0) is 17.6 Å². The molecule has 2 heterocycles. The van der Waals surface area contributed by atoms with Crippen LogP contribution in [0.1, 0.15) is 16.1 Å². The molecule has 0 radical (unpaired) electrons. The lowest BCUT2D eigenvalue weighted by molar-refractivity contribution is -0.130. The number of carbonyl (C=O) groups excluding carboxylic acids is 1. The van der Waals surface area contributed by atoms with Gasteiger partial charge in [-0.2, -0.15) is 0 Å². The number of benzene rings is 1. The van der Waals surface area contributed by atoms with Crippen molar-refractivity contribution in [2.75, 3.05) is 18.9 Å². The summed E-state index contributed by atoms with van der Waals surface area (Å²) < 4.78 is 0. The Morgan fingerprint density at radius 2 is 2.36 bits per heavy atom. The number of nitrogens with one attached hydrogen (secondary N) is 1. The molecule has 3 rings (SSSR count). The highest BCUT2D eigenvalue weighted by Gasteiger charge is 2.28. The van der Waals surface area contributed by atoms with Crippen LogP contribution in [0.25, 0.3) is 0 Å². The fraction of sp³-hybridized carbons (Fsp3) is 0.375. The Kier molecular flexibility index (Phi) is 4.36. The van der Waals surface area contributed by atoms with Gasteiger partial charge in [0.05, 0.1) is 11.2 Å².